The summed E-state index contributed by atoms with van der Waals surface area (Å²) in [6, 6.07) is 35.3. The monoisotopic (exact) mass is 480 g/mol. The van der Waals surface area contributed by atoms with Crippen LogP contribution in [0.2, 0.25) is 0 Å². The molecule has 0 aliphatic rings. The van der Waals surface area contributed by atoms with Gasteiger partial charge in [-0.3, -0.25) is 4.98 Å². The average molecular weight is 481 g/mol. The second-order valence-electron chi connectivity index (χ2n) is 8.75. The third-order valence-electron chi connectivity index (χ3n) is 6.46. The molecule has 176 valence electrons. The van der Waals surface area contributed by atoms with Crippen LogP contribution in [0.3, 0.4) is 0 Å². The number of hydrogen-bond donors (Lipinski definition) is 1. The second-order valence-corrected chi connectivity index (χ2v) is 8.75. The molecule has 0 bridgehead atoms. The molecule has 0 fully saturated rings. The lowest BCUT2D eigenvalue weighted by Gasteiger charge is -2.13. The number of hydrogen-bond acceptors (Lipinski definition) is 5. The summed E-state index contributed by atoms with van der Waals surface area (Å²) >= 11 is 0. The number of pyridine rings is 2. The number of rotatable bonds is 4. The zero-order valence-electron chi connectivity index (χ0n) is 19.6. The first-order valence-electron chi connectivity index (χ1n) is 11.9. The van der Waals surface area contributed by atoms with Crippen molar-refractivity contribution in [1.29, 1.82) is 0 Å². The maximum atomic E-state index is 10.7. The fourth-order valence-corrected chi connectivity index (χ4v) is 4.78. The van der Waals surface area contributed by atoms with Gasteiger partial charge in [0.15, 0.2) is 5.82 Å². The minimum Gasteiger partial charge on any atom is -0.480 e. The van der Waals surface area contributed by atoms with E-state index in [-0.39, 0.29) is 6.01 Å². The third kappa shape index (κ3) is 3.63. The smallest absolute Gasteiger partial charge is 0.300 e. The van der Waals surface area contributed by atoms with E-state index in [4.69, 9.17) is 9.72 Å². The molecule has 0 unspecified atom stereocenters. The Balaban J connectivity index is 1.35. The zero-order valence-corrected chi connectivity index (χ0v) is 19.6. The van der Waals surface area contributed by atoms with Crippen LogP contribution in [0.4, 0.5) is 0 Å². The molecule has 37 heavy (non-hydrogen) atoms. The standard InChI is InChI=1S/C31H20N4O2/c36-31-33-26-14-5-6-15-27(26)35(31)30-25-13-4-2-9-21(25)19-28(34-30)37-23-11-7-10-22(18-23)29-24-12-3-1-8-20(24)16-17-32-29/h1-19H,(H,33,36). The summed E-state index contributed by atoms with van der Waals surface area (Å²) in [5.41, 5.74) is 3.30. The molecule has 7 rings (SSSR count). The number of aromatic hydroxyl groups is 1. The van der Waals surface area contributed by atoms with E-state index in [9.17, 15) is 5.11 Å². The van der Waals surface area contributed by atoms with Gasteiger partial charge in [-0.05, 0) is 41.1 Å². The minimum atomic E-state index is -0.125. The van der Waals surface area contributed by atoms with Gasteiger partial charge in [0, 0.05) is 28.6 Å². The summed E-state index contributed by atoms with van der Waals surface area (Å²) in [6.45, 7) is 0. The van der Waals surface area contributed by atoms with Crippen molar-refractivity contribution in [2.45, 2.75) is 0 Å². The molecule has 6 nitrogen and oxygen atoms in total. The van der Waals surface area contributed by atoms with Gasteiger partial charge in [-0.25, -0.2) is 4.57 Å². The first kappa shape index (κ1) is 21.1. The van der Waals surface area contributed by atoms with Crippen LogP contribution in [0.1, 0.15) is 0 Å². The quantitative estimate of drug-likeness (QED) is 0.286. The van der Waals surface area contributed by atoms with Crippen molar-refractivity contribution in [1.82, 2.24) is 19.5 Å². The highest BCUT2D eigenvalue weighted by molar-refractivity contribution is 5.95. The highest BCUT2D eigenvalue weighted by Gasteiger charge is 2.17. The predicted molar refractivity (Wildman–Crippen MR) is 145 cm³/mol. The molecule has 0 aliphatic heterocycles. The number of fused-ring (bicyclic) bond motifs is 3. The molecule has 0 atom stereocenters. The molecular weight excluding hydrogens is 460 g/mol. The molecule has 0 spiro atoms. The number of para-hydroxylation sites is 2. The number of benzene rings is 4. The van der Waals surface area contributed by atoms with Gasteiger partial charge < -0.3 is 9.84 Å². The van der Waals surface area contributed by atoms with Crippen molar-refractivity contribution in [3.63, 3.8) is 0 Å². The van der Waals surface area contributed by atoms with E-state index >= 15 is 0 Å². The van der Waals surface area contributed by atoms with Gasteiger partial charge in [-0.1, -0.05) is 72.8 Å². The molecule has 0 saturated heterocycles. The predicted octanol–water partition coefficient (Wildman–Crippen LogP) is 7.29. The van der Waals surface area contributed by atoms with E-state index in [1.54, 1.807) is 4.57 Å². The lowest BCUT2D eigenvalue weighted by molar-refractivity contribution is 0.422. The Bertz CT molecular complexity index is 1940. The Kier molecular flexibility index (Phi) is 4.82. The number of nitrogens with zero attached hydrogens (tertiary/aromatic N) is 4. The Morgan fingerprint density at radius 1 is 0.676 bits per heavy atom. The van der Waals surface area contributed by atoms with E-state index in [1.165, 1.54) is 0 Å². The van der Waals surface area contributed by atoms with Gasteiger partial charge in [0.1, 0.15) is 5.75 Å². The Morgan fingerprint density at radius 3 is 2.38 bits per heavy atom. The van der Waals surface area contributed by atoms with Crippen LogP contribution in [0, 0.1) is 0 Å². The molecule has 1 N–H and O–H groups in total. The van der Waals surface area contributed by atoms with Crippen molar-refractivity contribution >= 4 is 32.6 Å². The lowest BCUT2D eigenvalue weighted by Crippen LogP contribution is -2.00. The topological polar surface area (TPSA) is 73.1 Å². The Labute approximate surface area is 212 Å². The third-order valence-corrected chi connectivity index (χ3v) is 6.46. The van der Waals surface area contributed by atoms with E-state index in [0.29, 0.717) is 23.0 Å². The number of aromatic nitrogens is 4. The maximum Gasteiger partial charge on any atom is 0.300 e. The van der Waals surface area contributed by atoms with Crippen LogP contribution in [-0.2, 0) is 0 Å². The second kappa shape index (κ2) is 8.46. The summed E-state index contributed by atoms with van der Waals surface area (Å²) in [5.74, 6) is 1.60. The van der Waals surface area contributed by atoms with E-state index in [0.717, 1.165) is 38.3 Å². The molecule has 0 aliphatic carbocycles. The summed E-state index contributed by atoms with van der Waals surface area (Å²) in [6.07, 6.45) is 1.82. The van der Waals surface area contributed by atoms with E-state index < -0.39 is 0 Å². The van der Waals surface area contributed by atoms with Crippen LogP contribution in [0.15, 0.2) is 115 Å². The first-order valence-corrected chi connectivity index (χ1v) is 11.9. The van der Waals surface area contributed by atoms with Gasteiger partial charge in [0.2, 0.25) is 5.88 Å². The Morgan fingerprint density at radius 2 is 1.46 bits per heavy atom. The summed E-state index contributed by atoms with van der Waals surface area (Å²) in [5, 5.41) is 14.8. The molecule has 6 heteroatoms. The van der Waals surface area contributed by atoms with Crippen LogP contribution in [-0.4, -0.2) is 24.6 Å². The van der Waals surface area contributed by atoms with Crippen LogP contribution in [0.25, 0.3) is 49.7 Å². The van der Waals surface area contributed by atoms with Crippen LogP contribution in [0.5, 0.6) is 17.6 Å². The minimum absolute atomic E-state index is 0.125. The zero-order chi connectivity index (χ0) is 24.8. The van der Waals surface area contributed by atoms with Crippen molar-refractivity contribution < 1.29 is 9.84 Å². The normalized spacial score (nSPS) is 11.4. The van der Waals surface area contributed by atoms with E-state index in [1.807, 2.05) is 103 Å². The fraction of sp³-hybridized carbons (Fsp3) is 0. The van der Waals surface area contributed by atoms with E-state index in [2.05, 4.69) is 22.1 Å². The number of ether oxygens (including phenoxy) is 1. The molecule has 3 aromatic heterocycles. The van der Waals surface area contributed by atoms with Crippen LogP contribution < -0.4 is 4.74 Å². The number of imidazole rings is 1. The van der Waals surface area contributed by atoms with Gasteiger partial charge in [-0.15, -0.1) is 0 Å². The first-order chi connectivity index (χ1) is 18.2. The molecule has 3 heterocycles. The molecule has 4 aromatic carbocycles. The highest BCUT2D eigenvalue weighted by atomic mass is 16.5. The summed E-state index contributed by atoms with van der Waals surface area (Å²) in [4.78, 5) is 13.8. The molecule has 7 aromatic rings. The molecule has 0 saturated carbocycles. The summed E-state index contributed by atoms with van der Waals surface area (Å²) in [7, 11) is 0. The fourth-order valence-electron chi connectivity index (χ4n) is 4.78. The molecule has 0 amide bonds. The largest absolute Gasteiger partial charge is 0.480 e. The SMILES string of the molecule is Oc1nc2ccccc2n1-c1nc(Oc2cccc(-c3nccc4ccccc34)c2)cc2ccccc12. The van der Waals surface area contributed by atoms with Gasteiger partial charge in [0.25, 0.3) is 0 Å². The van der Waals surface area contributed by atoms with Crippen molar-refractivity contribution in [3.05, 3.63) is 115 Å². The maximum absolute atomic E-state index is 10.7. The van der Waals surface area contributed by atoms with Crippen molar-refractivity contribution in [2.24, 2.45) is 0 Å². The highest BCUT2D eigenvalue weighted by Crippen LogP contribution is 2.34. The summed E-state index contributed by atoms with van der Waals surface area (Å²) < 4.78 is 7.95. The van der Waals surface area contributed by atoms with Gasteiger partial charge in [-0.2, -0.15) is 9.97 Å². The van der Waals surface area contributed by atoms with Crippen molar-refractivity contribution in [3.8, 4) is 34.7 Å². The van der Waals surface area contributed by atoms with Crippen LogP contribution >= 0.6 is 0 Å². The van der Waals surface area contributed by atoms with Gasteiger partial charge >= 0.3 is 6.01 Å². The Hall–Kier alpha value is -5.23. The molecule has 0 radical (unpaired) electrons. The van der Waals surface area contributed by atoms with Gasteiger partial charge in [0.05, 0.1) is 16.7 Å². The molecular formula is C31H20N4O2. The lowest BCUT2D eigenvalue weighted by atomic mass is 10.0. The average Bonchev–Trinajstić information content (AvgIpc) is 3.28. The van der Waals surface area contributed by atoms with Crippen molar-refractivity contribution in [2.75, 3.05) is 0 Å².